The lowest BCUT2D eigenvalue weighted by Gasteiger charge is -2.18. The summed E-state index contributed by atoms with van der Waals surface area (Å²) in [5.74, 6) is -5.86. The normalized spacial score (nSPS) is 13.2. The number of aromatic amines is 1. The highest BCUT2D eigenvalue weighted by Crippen LogP contribution is 2.37. The third-order valence-corrected chi connectivity index (χ3v) is 2.15. The first-order chi connectivity index (χ1) is 8.21. The molecule has 5 nitrogen and oxygen atoms in total. The van der Waals surface area contributed by atoms with Crippen molar-refractivity contribution in [3.63, 3.8) is 0 Å². The zero-order valence-corrected chi connectivity index (χ0v) is 8.59. The Bertz CT molecular complexity index is 575. The minimum Gasteiger partial charge on any atom is -0.382 e. The van der Waals surface area contributed by atoms with Gasteiger partial charge in [-0.05, 0) is 0 Å². The zero-order chi connectivity index (χ0) is 13.6. The van der Waals surface area contributed by atoms with Gasteiger partial charge in [0.15, 0.2) is 11.5 Å². The lowest BCUT2D eigenvalue weighted by atomic mass is 10.2. The molecule has 2 aromatic rings. The highest BCUT2D eigenvalue weighted by atomic mass is 19.4. The van der Waals surface area contributed by atoms with Crippen molar-refractivity contribution in [2.24, 2.45) is 0 Å². The summed E-state index contributed by atoms with van der Waals surface area (Å²) in [6.07, 6.45) is -6.16. The third-order valence-electron chi connectivity index (χ3n) is 2.15. The number of hydrogen-bond donors (Lipinski definition) is 2. The minimum absolute atomic E-state index is 0.0597. The first-order valence-corrected chi connectivity index (χ1v) is 4.61. The van der Waals surface area contributed by atoms with E-state index >= 15 is 0 Å². The molecule has 0 aliphatic rings. The van der Waals surface area contributed by atoms with Gasteiger partial charge in [0.05, 0.1) is 12.7 Å². The number of halogens is 5. The van der Waals surface area contributed by atoms with Crippen LogP contribution in [0.3, 0.4) is 0 Å². The fourth-order valence-corrected chi connectivity index (χ4v) is 1.28. The number of anilines is 1. The van der Waals surface area contributed by atoms with Crippen molar-refractivity contribution in [1.29, 1.82) is 0 Å². The Hall–Kier alpha value is -2.00. The van der Waals surface area contributed by atoms with Gasteiger partial charge >= 0.3 is 12.1 Å². The second kappa shape index (κ2) is 3.75. The van der Waals surface area contributed by atoms with Crippen molar-refractivity contribution in [1.82, 2.24) is 19.9 Å². The van der Waals surface area contributed by atoms with Gasteiger partial charge in [-0.25, -0.2) is 15.0 Å². The SMILES string of the molecule is Nc1nc(CC(F)(F)C(F)(F)F)nc2nc[nH]c12. The summed E-state index contributed by atoms with van der Waals surface area (Å²) >= 11 is 0. The van der Waals surface area contributed by atoms with E-state index in [9.17, 15) is 22.0 Å². The highest BCUT2D eigenvalue weighted by molar-refractivity contribution is 5.80. The first kappa shape index (κ1) is 12.5. The molecule has 0 aliphatic carbocycles. The van der Waals surface area contributed by atoms with E-state index in [1.807, 2.05) is 0 Å². The van der Waals surface area contributed by atoms with Gasteiger partial charge in [-0.2, -0.15) is 22.0 Å². The van der Waals surface area contributed by atoms with Crippen LogP contribution >= 0.6 is 0 Å². The van der Waals surface area contributed by atoms with E-state index < -0.39 is 24.3 Å². The Morgan fingerprint density at radius 1 is 1.17 bits per heavy atom. The molecular formula is C8H6F5N5. The molecule has 0 saturated carbocycles. The lowest BCUT2D eigenvalue weighted by Crippen LogP contribution is -2.39. The molecule has 0 atom stereocenters. The lowest BCUT2D eigenvalue weighted by molar-refractivity contribution is -0.281. The van der Waals surface area contributed by atoms with Crippen molar-refractivity contribution in [3.8, 4) is 0 Å². The fourth-order valence-electron chi connectivity index (χ4n) is 1.28. The van der Waals surface area contributed by atoms with Gasteiger partial charge in [-0.15, -0.1) is 0 Å². The molecule has 0 bridgehead atoms. The van der Waals surface area contributed by atoms with Crippen LogP contribution in [-0.2, 0) is 6.42 Å². The zero-order valence-electron chi connectivity index (χ0n) is 8.59. The van der Waals surface area contributed by atoms with Gasteiger partial charge in [0.2, 0.25) is 0 Å². The van der Waals surface area contributed by atoms with Crippen LogP contribution in [0.4, 0.5) is 27.8 Å². The molecule has 0 amide bonds. The Kier molecular flexibility index (Phi) is 2.60. The summed E-state index contributed by atoms with van der Waals surface area (Å²) in [5, 5.41) is 0. The topological polar surface area (TPSA) is 80.5 Å². The summed E-state index contributed by atoms with van der Waals surface area (Å²) in [5.41, 5.74) is 5.51. The van der Waals surface area contributed by atoms with Crippen LogP contribution < -0.4 is 5.73 Å². The molecule has 0 saturated heterocycles. The summed E-state index contributed by atoms with van der Waals surface area (Å²) < 4.78 is 61.6. The maximum atomic E-state index is 12.8. The van der Waals surface area contributed by atoms with Crippen LogP contribution in [0, 0.1) is 0 Å². The third kappa shape index (κ3) is 2.05. The molecule has 3 N–H and O–H groups in total. The first-order valence-electron chi connectivity index (χ1n) is 4.61. The predicted molar refractivity (Wildman–Crippen MR) is 50.8 cm³/mol. The molecule has 98 valence electrons. The Balaban J connectivity index is 2.38. The van der Waals surface area contributed by atoms with Crippen molar-refractivity contribution in [3.05, 3.63) is 12.2 Å². The number of hydrogen-bond acceptors (Lipinski definition) is 4. The molecule has 0 aliphatic heterocycles. The van der Waals surface area contributed by atoms with Gasteiger partial charge in [0.25, 0.3) is 0 Å². The van der Waals surface area contributed by atoms with Crippen LogP contribution in [0.2, 0.25) is 0 Å². The number of nitrogens with zero attached hydrogens (tertiary/aromatic N) is 3. The second-order valence-corrected chi connectivity index (χ2v) is 3.51. The molecule has 2 rings (SSSR count). The number of fused-ring (bicyclic) bond motifs is 1. The number of imidazole rings is 1. The van der Waals surface area contributed by atoms with Crippen molar-refractivity contribution in [2.45, 2.75) is 18.5 Å². The number of H-pyrrole nitrogens is 1. The van der Waals surface area contributed by atoms with Gasteiger partial charge in [-0.1, -0.05) is 0 Å². The van der Waals surface area contributed by atoms with Gasteiger partial charge in [-0.3, -0.25) is 0 Å². The Morgan fingerprint density at radius 2 is 1.83 bits per heavy atom. The number of rotatable bonds is 2. The van der Waals surface area contributed by atoms with Crippen LogP contribution in [0.25, 0.3) is 11.2 Å². The van der Waals surface area contributed by atoms with E-state index in [0.29, 0.717) is 0 Å². The fraction of sp³-hybridized carbons (Fsp3) is 0.375. The van der Waals surface area contributed by atoms with Crippen molar-refractivity contribution in [2.75, 3.05) is 5.73 Å². The van der Waals surface area contributed by atoms with E-state index in [1.54, 1.807) is 0 Å². The number of nitrogens with one attached hydrogen (secondary N) is 1. The molecule has 0 radical (unpaired) electrons. The summed E-state index contributed by atoms with van der Waals surface area (Å²) in [7, 11) is 0. The van der Waals surface area contributed by atoms with E-state index in [0.717, 1.165) is 0 Å². The molecule has 2 heterocycles. The molecule has 0 spiro atoms. The van der Waals surface area contributed by atoms with E-state index in [4.69, 9.17) is 5.73 Å². The molecule has 10 heteroatoms. The Labute approximate surface area is 96.2 Å². The summed E-state index contributed by atoms with van der Waals surface area (Å²) in [6.45, 7) is 0. The Morgan fingerprint density at radius 3 is 2.44 bits per heavy atom. The van der Waals surface area contributed by atoms with Gasteiger partial charge in [0, 0.05) is 0 Å². The molecule has 0 fully saturated rings. The molecule has 0 aromatic carbocycles. The molecular weight excluding hydrogens is 261 g/mol. The van der Waals surface area contributed by atoms with Crippen LogP contribution in [0.15, 0.2) is 6.33 Å². The molecule has 0 unspecified atom stereocenters. The van der Waals surface area contributed by atoms with E-state index in [1.165, 1.54) is 6.33 Å². The van der Waals surface area contributed by atoms with E-state index in [2.05, 4.69) is 19.9 Å². The quantitative estimate of drug-likeness (QED) is 0.811. The maximum Gasteiger partial charge on any atom is 0.453 e. The average Bonchev–Trinajstić information content (AvgIpc) is 2.63. The number of aromatic nitrogens is 4. The van der Waals surface area contributed by atoms with Gasteiger partial charge < -0.3 is 10.7 Å². The molecule has 2 aromatic heterocycles. The summed E-state index contributed by atoms with van der Waals surface area (Å²) in [6, 6.07) is 0. The highest BCUT2D eigenvalue weighted by Gasteiger charge is 2.57. The van der Waals surface area contributed by atoms with Crippen LogP contribution in [0.5, 0.6) is 0 Å². The monoisotopic (exact) mass is 267 g/mol. The second-order valence-electron chi connectivity index (χ2n) is 3.51. The number of nitrogens with two attached hydrogens (primary N) is 1. The molecule has 18 heavy (non-hydrogen) atoms. The smallest absolute Gasteiger partial charge is 0.382 e. The number of alkyl halides is 5. The van der Waals surface area contributed by atoms with Crippen LogP contribution in [0.1, 0.15) is 5.82 Å². The summed E-state index contributed by atoms with van der Waals surface area (Å²) in [4.78, 5) is 13.0. The minimum atomic E-state index is -5.66. The largest absolute Gasteiger partial charge is 0.453 e. The van der Waals surface area contributed by atoms with Crippen molar-refractivity contribution < 1.29 is 22.0 Å². The standard InChI is InChI=1S/C8H6F5N5/c9-7(10,8(11,12)13)1-3-17-5(14)4-6(18-3)16-2-15-4/h2H,1H2,(H3,14,15,16,17,18). The van der Waals surface area contributed by atoms with Gasteiger partial charge in [0.1, 0.15) is 11.3 Å². The van der Waals surface area contributed by atoms with Crippen molar-refractivity contribution >= 4 is 17.0 Å². The van der Waals surface area contributed by atoms with E-state index in [-0.39, 0.29) is 17.0 Å². The average molecular weight is 267 g/mol. The van der Waals surface area contributed by atoms with Crippen LogP contribution in [-0.4, -0.2) is 32.0 Å². The maximum absolute atomic E-state index is 12.8. The predicted octanol–water partition coefficient (Wildman–Crippen LogP) is 1.68. The number of nitrogen functional groups attached to an aromatic ring is 1.